The van der Waals surface area contributed by atoms with E-state index in [9.17, 15) is 24.0 Å². The number of nitrogens with one attached hydrogen (secondary N) is 5. The van der Waals surface area contributed by atoms with E-state index in [2.05, 4.69) is 26.6 Å². The van der Waals surface area contributed by atoms with E-state index in [1.54, 1.807) is 58.9 Å². The molecule has 0 saturated carbocycles. The summed E-state index contributed by atoms with van der Waals surface area (Å²) in [5, 5.41) is 13.8. The average Bonchev–Trinajstić information content (AvgIpc) is 2.85. The maximum atomic E-state index is 13.2. The van der Waals surface area contributed by atoms with E-state index in [-0.39, 0.29) is 49.5 Å². The van der Waals surface area contributed by atoms with E-state index in [0.717, 1.165) is 5.56 Å². The summed E-state index contributed by atoms with van der Waals surface area (Å²) in [5.74, 6) is -1.86. The summed E-state index contributed by atoms with van der Waals surface area (Å²) in [5.41, 5.74) is 5.47. The third-order valence-corrected chi connectivity index (χ3v) is 5.85. The van der Waals surface area contributed by atoms with Crippen molar-refractivity contribution in [3.8, 4) is 0 Å². The zero-order chi connectivity index (χ0) is 31.4. The van der Waals surface area contributed by atoms with Crippen molar-refractivity contribution in [3.05, 3.63) is 29.8 Å². The number of amides is 5. The van der Waals surface area contributed by atoms with E-state index >= 15 is 0 Å². The zero-order valence-corrected chi connectivity index (χ0v) is 25.6. The van der Waals surface area contributed by atoms with E-state index in [1.807, 2.05) is 20.8 Å². The number of primary amides is 1. The fraction of sp³-hybridized carbons (Fsp3) is 0.621. The lowest BCUT2D eigenvalue weighted by atomic mass is 9.97. The Kier molecular flexibility index (Phi) is 13.7. The first kappa shape index (κ1) is 35.4. The molecule has 0 aliphatic rings. The average molecular weight is 577 g/mol. The number of ether oxygens (including phenoxy) is 1. The number of hydrogen-bond donors (Lipinski definition) is 6. The Hall–Kier alpha value is -3.67. The molecule has 1 aromatic rings. The van der Waals surface area contributed by atoms with Gasteiger partial charge in [-0.05, 0) is 78.0 Å². The summed E-state index contributed by atoms with van der Waals surface area (Å²) in [6.07, 6.45) is 0.580. The first-order valence-electron chi connectivity index (χ1n) is 13.8. The molecule has 230 valence electrons. The standard InChI is InChI=1S/C29H48N6O6/c1-18(2)23(35-22(36)16-32-29(6,7)8)25(38)34-21(10-9-15-31-27(30)40)24(37)33-20-13-11-19(12-14-20)17-41-26(39)28(3,4)5/h11-14,18,21,23,32H,9-10,15-17H2,1-8H3,(H,33,37)(H,34,38)(H,35,36)(H3,30,31,40)/t21-,23-/m1/s1. The molecule has 0 aliphatic carbocycles. The monoisotopic (exact) mass is 576 g/mol. The third kappa shape index (κ3) is 14.5. The van der Waals surface area contributed by atoms with Crippen LogP contribution in [0.25, 0.3) is 0 Å². The first-order chi connectivity index (χ1) is 18.9. The maximum absolute atomic E-state index is 13.2. The lowest BCUT2D eigenvalue weighted by molar-refractivity contribution is -0.154. The van der Waals surface area contributed by atoms with Crippen LogP contribution >= 0.6 is 0 Å². The number of nitrogens with two attached hydrogens (primary N) is 1. The van der Waals surface area contributed by atoms with Gasteiger partial charge in [0.2, 0.25) is 17.7 Å². The first-order valence-corrected chi connectivity index (χ1v) is 13.8. The predicted octanol–water partition coefficient (Wildman–Crippen LogP) is 2.18. The van der Waals surface area contributed by atoms with Gasteiger partial charge in [0.15, 0.2) is 0 Å². The van der Waals surface area contributed by atoms with Crippen LogP contribution in [0.5, 0.6) is 0 Å². The number of urea groups is 1. The highest BCUT2D eigenvalue weighted by molar-refractivity contribution is 5.98. The van der Waals surface area contributed by atoms with Crippen molar-refractivity contribution in [2.45, 2.75) is 92.5 Å². The van der Waals surface area contributed by atoms with Crippen molar-refractivity contribution >= 4 is 35.4 Å². The molecule has 2 atom stereocenters. The molecular formula is C29H48N6O6. The summed E-state index contributed by atoms with van der Waals surface area (Å²) in [7, 11) is 0. The molecule has 0 bridgehead atoms. The number of esters is 1. The van der Waals surface area contributed by atoms with Gasteiger partial charge in [0, 0.05) is 17.8 Å². The fourth-order valence-corrected chi connectivity index (χ4v) is 3.43. The molecule has 41 heavy (non-hydrogen) atoms. The van der Waals surface area contributed by atoms with Crippen molar-refractivity contribution in [2.24, 2.45) is 17.1 Å². The highest BCUT2D eigenvalue weighted by Gasteiger charge is 2.29. The van der Waals surface area contributed by atoms with Crippen LogP contribution in [0.2, 0.25) is 0 Å². The predicted molar refractivity (Wildman–Crippen MR) is 158 cm³/mol. The summed E-state index contributed by atoms with van der Waals surface area (Å²) < 4.78 is 5.32. The van der Waals surface area contributed by atoms with Crippen molar-refractivity contribution in [1.29, 1.82) is 0 Å². The molecular weight excluding hydrogens is 528 g/mol. The molecule has 1 aromatic carbocycles. The van der Waals surface area contributed by atoms with Gasteiger partial charge in [0.1, 0.15) is 18.7 Å². The number of anilines is 1. The Balaban J connectivity index is 2.92. The van der Waals surface area contributed by atoms with Gasteiger partial charge < -0.3 is 37.1 Å². The van der Waals surface area contributed by atoms with Gasteiger partial charge in [-0.1, -0.05) is 26.0 Å². The van der Waals surface area contributed by atoms with Crippen molar-refractivity contribution in [3.63, 3.8) is 0 Å². The van der Waals surface area contributed by atoms with Gasteiger partial charge in [-0.25, -0.2) is 4.79 Å². The number of benzene rings is 1. The van der Waals surface area contributed by atoms with Gasteiger partial charge in [0.05, 0.1) is 12.0 Å². The highest BCUT2D eigenvalue weighted by Crippen LogP contribution is 2.17. The highest BCUT2D eigenvalue weighted by atomic mass is 16.5. The van der Waals surface area contributed by atoms with Crippen molar-refractivity contribution < 1.29 is 28.7 Å². The SMILES string of the molecule is CC(C)[C@@H](NC(=O)CNC(C)(C)C)C(=O)N[C@H](CCCNC(N)=O)C(=O)Nc1ccc(COC(=O)C(C)(C)C)cc1. The number of rotatable bonds is 14. The molecule has 0 unspecified atom stereocenters. The van der Waals surface area contributed by atoms with Gasteiger partial charge in [-0.2, -0.15) is 0 Å². The number of carbonyl (C=O) groups excluding carboxylic acids is 5. The van der Waals surface area contributed by atoms with Crippen molar-refractivity contribution in [1.82, 2.24) is 21.3 Å². The molecule has 0 aliphatic heterocycles. The molecule has 1 rings (SSSR count). The number of carbonyl (C=O) groups is 5. The second-order valence-electron chi connectivity index (χ2n) is 12.4. The molecule has 12 heteroatoms. The molecule has 0 fully saturated rings. The lowest BCUT2D eigenvalue weighted by Gasteiger charge is -2.26. The molecule has 0 saturated heterocycles. The van der Waals surface area contributed by atoms with Crippen LogP contribution in [-0.4, -0.2) is 60.4 Å². The molecule has 0 spiro atoms. The Labute approximate surface area is 243 Å². The van der Waals surface area contributed by atoms with Gasteiger partial charge in [-0.3, -0.25) is 19.2 Å². The van der Waals surface area contributed by atoms with Crippen LogP contribution in [0.4, 0.5) is 10.5 Å². The van der Waals surface area contributed by atoms with E-state index in [4.69, 9.17) is 10.5 Å². The maximum Gasteiger partial charge on any atom is 0.312 e. The van der Waals surface area contributed by atoms with Crippen LogP contribution < -0.4 is 32.3 Å². The summed E-state index contributed by atoms with van der Waals surface area (Å²) >= 11 is 0. The smallest absolute Gasteiger partial charge is 0.312 e. The molecule has 7 N–H and O–H groups in total. The van der Waals surface area contributed by atoms with Crippen molar-refractivity contribution in [2.75, 3.05) is 18.4 Å². The second kappa shape index (κ2) is 15.9. The minimum atomic E-state index is -0.949. The number of hydrogen-bond acceptors (Lipinski definition) is 7. The van der Waals surface area contributed by atoms with Crippen LogP contribution in [-0.2, 0) is 30.5 Å². The van der Waals surface area contributed by atoms with Crippen LogP contribution in [0.3, 0.4) is 0 Å². The Morgan fingerprint density at radius 2 is 1.51 bits per heavy atom. The third-order valence-electron chi connectivity index (χ3n) is 5.85. The van der Waals surface area contributed by atoms with E-state index in [1.165, 1.54) is 0 Å². The van der Waals surface area contributed by atoms with Gasteiger partial charge in [0.25, 0.3) is 0 Å². The molecule has 5 amide bonds. The minimum Gasteiger partial charge on any atom is -0.460 e. The van der Waals surface area contributed by atoms with Crippen LogP contribution in [0.15, 0.2) is 24.3 Å². The van der Waals surface area contributed by atoms with Gasteiger partial charge in [-0.15, -0.1) is 0 Å². The van der Waals surface area contributed by atoms with E-state index < -0.39 is 35.3 Å². The molecule has 12 nitrogen and oxygen atoms in total. The second-order valence-corrected chi connectivity index (χ2v) is 12.4. The largest absolute Gasteiger partial charge is 0.460 e. The summed E-state index contributed by atoms with van der Waals surface area (Å²) in [6, 6.07) is 4.30. The zero-order valence-electron chi connectivity index (χ0n) is 25.6. The topological polar surface area (TPSA) is 181 Å². The molecule has 0 heterocycles. The van der Waals surface area contributed by atoms with Crippen LogP contribution in [0, 0.1) is 11.3 Å². The Bertz CT molecular complexity index is 1040. The van der Waals surface area contributed by atoms with Gasteiger partial charge >= 0.3 is 12.0 Å². The van der Waals surface area contributed by atoms with Crippen LogP contribution in [0.1, 0.15) is 73.8 Å². The lowest BCUT2D eigenvalue weighted by Crippen LogP contribution is -2.56. The normalized spacial score (nSPS) is 13.1. The Morgan fingerprint density at radius 3 is 2.02 bits per heavy atom. The molecule has 0 aromatic heterocycles. The summed E-state index contributed by atoms with van der Waals surface area (Å²) in [4.78, 5) is 62.0. The summed E-state index contributed by atoms with van der Waals surface area (Å²) in [6.45, 7) is 15.1. The quantitative estimate of drug-likeness (QED) is 0.145. The minimum absolute atomic E-state index is 0.0358. The Morgan fingerprint density at radius 1 is 0.902 bits per heavy atom. The molecule has 0 radical (unpaired) electrons. The fourth-order valence-electron chi connectivity index (χ4n) is 3.43. The van der Waals surface area contributed by atoms with E-state index in [0.29, 0.717) is 12.1 Å².